The van der Waals surface area contributed by atoms with Crippen LogP contribution in [-0.2, 0) is 0 Å². The van der Waals surface area contributed by atoms with Gasteiger partial charge in [-0.25, -0.2) is 9.18 Å². The molecule has 2 amide bonds. The minimum atomic E-state index is -0.262. The van der Waals surface area contributed by atoms with Crippen molar-refractivity contribution in [3.05, 3.63) is 65.5 Å². The van der Waals surface area contributed by atoms with Gasteiger partial charge in [-0.1, -0.05) is 29.8 Å². The number of hydrogen-bond donors (Lipinski definition) is 1. The summed E-state index contributed by atoms with van der Waals surface area (Å²) in [6.45, 7) is 2.69. The van der Waals surface area contributed by atoms with Gasteiger partial charge in [0.1, 0.15) is 11.2 Å². The van der Waals surface area contributed by atoms with Gasteiger partial charge in [0, 0.05) is 18.0 Å². The van der Waals surface area contributed by atoms with Crippen LogP contribution in [0, 0.1) is 12.7 Å². The Kier molecular flexibility index (Phi) is 4.34. The number of carbonyl (C=O) groups excluding carboxylic acids is 1. The van der Waals surface area contributed by atoms with Crippen LogP contribution < -0.4 is 5.32 Å². The number of nitrogens with zero attached hydrogens (tertiary/aromatic N) is 1. The average molecular weight is 316 g/mol. The number of amides is 2. The second-order valence-corrected chi connectivity index (χ2v) is 6.45. The van der Waals surface area contributed by atoms with Crippen LogP contribution in [0.3, 0.4) is 0 Å². The molecule has 5 heteroatoms. The van der Waals surface area contributed by atoms with E-state index in [4.69, 9.17) is 0 Å². The highest BCUT2D eigenvalue weighted by Crippen LogP contribution is 2.38. The Morgan fingerprint density at radius 1 is 1.18 bits per heavy atom. The van der Waals surface area contributed by atoms with Gasteiger partial charge in [0.25, 0.3) is 0 Å². The molecular formula is C17H17FN2OS. The Hall–Kier alpha value is -2.01. The molecule has 1 heterocycles. The molecule has 1 atom stereocenters. The Labute approximate surface area is 133 Å². The van der Waals surface area contributed by atoms with Crippen molar-refractivity contribution in [3.8, 4) is 0 Å². The van der Waals surface area contributed by atoms with Gasteiger partial charge in [0.05, 0.1) is 0 Å². The molecule has 0 bridgehead atoms. The number of thioether (sulfide) groups is 1. The monoisotopic (exact) mass is 316 g/mol. The Morgan fingerprint density at radius 2 is 1.86 bits per heavy atom. The van der Waals surface area contributed by atoms with E-state index in [1.54, 1.807) is 28.8 Å². The van der Waals surface area contributed by atoms with E-state index in [1.165, 1.54) is 12.1 Å². The van der Waals surface area contributed by atoms with E-state index >= 15 is 0 Å². The van der Waals surface area contributed by atoms with Crippen LogP contribution in [0.4, 0.5) is 14.9 Å². The number of rotatable bonds is 2. The quantitative estimate of drug-likeness (QED) is 0.890. The number of carbonyl (C=O) groups is 1. The lowest BCUT2D eigenvalue weighted by Crippen LogP contribution is -2.34. The first kappa shape index (κ1) is 14.9. The van der Waals surface area contributed by atoms with E-state index < -0.39 is 0 Å². The number of anilines is 1. The van der Waals surface area contributed by atoms with Crippen LogP contribution >= 0.6 is 11.8 Å². The molecule has 114 valence electrons. The summed E-state index contributed by atoms with van der Waals surface area (Å²) in [5, 5.41) is 2.86. The largest absolute Gasteiger partial charge is 0.323 e. The summed E-state index contributed by atoms with van der Waals surface area (Å²) in [7, 11) is 0. The minimum Gasteiger partial charge on any atom is -0.308 e. The average Bonchev–Trinajstić information content (AvgIpc) is 3.00. The first-order chi connectivity index (χ1) is 10.6. The van der Waals surface area contributed by atoms with Crippen molar-refractivity contribution in [2.75, 3.05) is 17.6 Å². The highest BCUT2D eigenvalue weighted by Gasteiger charge is 2.30. The van der Waals surface area contributed by atoms with Crippen molar-refractivity contribution in [3.63, 3.8) is 0 Å². The molecule has 1 N–H and O–H groups in total. The maximum Gasteiger partial charge on any atom is 0.323 e. The first-order valence-electron chi connectivity index (χ1n) is 7.15. The van der Waals surface area contributed by atoms with Gasteiger partial charge < -0.3 is 10.2 Å². The summed E-state index contributed by atoms with van der Waals surface area (Å²) in [5.74, 6) is 0.617. The van der Waals surface area contributed by atoms with Gasteiger partial charge in [-0.05, 0) is 36.8 Å². The molecule has 1 unspecified atom stereocenters. The third-order valence-corrected chi connectivity index (χ3v) is 4.87. The molecule has 1 saturated heterocycles. The Bertz CT molecular complexity index is 657. The van der Waals surface area contributed by atoms with E-state index in [2.05, 4.69) is 5.32 Å². The second kappa shape index (κ2) is 6.40. The van der Waals surface area contributed by atoms with Crippen LogP contribution in [0.15, 0.2) is 48.5 Å². The fourth-order valence-electron chi connectivity index (χ4n) is 2.41. The van der Waals surface area contributed by atoms with Crippen molar-refractivity contribution in [1.82, 2.24) is 4.90 Å². The molecule has 22 heavy (non-hydrogen) atoms. The third kappa shape index (κ3) is 3.25. The van der Waals surface area contributed by atoms with Crippen molar-refractivity contribution >= 4 is 23.5 Å². The third-order valence-electron chi connectivity index (χ3n) is 3.61. The summed E-state index contributed by atoms with van der Waals surface area (Å²) >= 11 is 1.69. The molecule has 2 aromatic rings. The zero-order valence-electron chi connectivity index (χ0n) is 12.3. The van der Waals surface area contributed by atoms with Gasteiger partial charge in [-0.15, -0.1) is 11.8 Å². The summed E-state index contributed by atoms with van der Waals surface area (Å²) in [5.41, 5.74) is 2.88. The Morgan fingerprint density at radius 3 is 2.55 bits per heavy atom. The second-order valence-electron chi connectivity index (χ2n) is 5.26. The molecule has 0 radical (unpaired) electrons. The van der Waals surface area contributed by atoms with Crippen molar-refractivity contribution < 1.29 is 9.18 Å². The van der Waals surface area contributed by atoms with Gasteiger partial charge in [0.15, 0.2) is 0 Å². The lowest BCUT2D eigenvalue weighted by Gasteiger charge is -2.24. The van der Waals surface area contributed by atoms with Crippen molar-refractivity contribution in [2.24, 2.45) is 0 Å². The number of urea groups is 1. The molecule has 2 aromatic carbocycles. The van der Waals surface area contributed by atoms with E-state index in [0.717, 1.165) is 22.6 Å². The fraction of sp³-hybridized carbons (Fsp3) is 0.235. The fourth-order valence-corrected chi connectivity index (χ4v) is 3.67. The van der Waals surface area contributed by atoms with Crippen LogP contribution in [-0.4, -0.2) is 23.2 Å². The predicted octanol–water partition coefficient (Wildman–Crippen LogP) is 4.41. The van der Waals surface area contributed by atoms with Crippen molar-refractivity contribution in [2.45, 2.75) is 12.3 Å². The first-order valence-corrected chi connectivity index (χ1v) is 8.20. The van der Waals surface area contributed by atoms with Crippen LogP contribution in [0.1, 0.15) is 16.5 Å². The molecule has 1 aliphatic heterocycles. The molecule has 3 nitrogen and oxygen atoms in total. The summed E-state index contributed by atoms with van der Waals surface area (Å²) < 4.78 is 13.0. The molecule has 0 spiro atoms. The predicted molar refractivity (Wildman–Crippen MR) is 88.5 cm³/mol. The topological polar surface area (TPSA) is 32.3 Å². The van der Waals surface area contributed by atoms with E-state index in [1.807, 2.05) is 31.2 Å². The van der Waals surface area contributed by atoms with Crippen LogP contribution in [0.25, 0.3) is 0 Å². The lowest BCUT2D eigenvalue weighted by atomic mass is 10.2. The normalized spacial score (nSPS) is 17.5. The molecule has 1 aliphatic rings. The zero-order chi connectivity index (χ0) is 15.5. The van der Waals surface area contributed by atoms with Gasteiger partial charge in [0.2, 0.25) is 0 Å². The number of halogens is 1. The maximum atomic E-state index is 13.0. The highest BCUT2D eigenvalue weighted by molar-refractivity contribution is 7.99. The number of hydrogen-bond acceptors (Lipinski definition) is 2. The van der Waals surface area contributed by atoms with E-state index in [0.29, 0.717) is 6.54 Å². The Balaban J connectivity index is 1.73. The lowest BCUT2D eigenvalue weighted by molar-refractivity contribution is 0.214. The molecular weight excluding hydrogens is 299 g/mol. The van der Waals surface area contributed by atoms with Crippen molar-refractivity contribution in [1.29, 1.82) is 0 Å². The smallest absolute Gasteiger partial charge is 0.308 e. The van der Waals surface area contributed by atoms with Gasteiger partial charge in [-0.2, -0.15) is 0 Å². The number of benzene rings is 2. The summed E-state index contributed by atoms with van der Waals surface area (Å²) in [6.07, 6.45) is 0. The summed E-state index contributed by atoms with van der Waals surface area (Å²) in [4.78, 5) is 14.3. The standard InChI is InChI=1S/C17H17FN2OS/c1-12-2-8-15(9-3-12)19-17(21)20-10-11-22-16(20)13-4-6-14(18)7-5-13/h2-9,16H,10-11H2,1H3,(H,19,21). The summed E-state index contributed by atoms with van der Waals surface area (Å²) in [6, 6.07) is 13.9. The molecule has 0 aromatic heterocycles. The molecule has 3 rings (SSSR count). The minimum absolute atomic E-state index is 0.0638. The molecule has 0 saturated carbocycles. The van der Waals surface area contributed by atoms with E-state index in [9.17, 15) is 9.18 Å². The van der Waals surface area contributed by atoms with Crippen LogP contribution in [0.2, 0.25) is 0 Å². The number of aryl methyl sites for hydroxylation is 1. The highest BCUT2D eigenvalue weighted by atomic mass is 32.2. The SMILES string of the molecule is Cc1ccc(NC(=O)N2CCSC2c2ccc(F)cc2)cc1. The van der Waals surface area contributed by atoms with Gasteiger partial charge >= 0.3 is 6.03 Å². The zero-order valence-corrected chi connectivity index (χ0v) is 13.1. The molecule has 1 fully saturated rings. The molecule has 0 aliphatic carbocycles. The van der Waals surface area contributed by atoms with Gasteiger partial charge in [-0.3, -0.25) is 0 Å². The van der Waals surface area contributed by atoms with E-state index in [-0.39, 0.29) is 17.2 Å². The number of nitrogens with one attached hydrogen (secondary N) is 1. The maximum absolute atomic E-state index is 13.0. The van der Waals surface area contributed by atoms with Crippen LogP contribution in [0.5, 0.6) is 0 Å².